The number of nitrogens with zero attached hydrogens (tertiary/aromatic N) is 1. The first-order valence-electron chi connectivity index (χ1n) is 8.01. The van der Waals surface area contributed by atoms with Crippen molar-refractivity contribution in [2.24, 2.45) is 5.92 Å². The molecule has 4 heteroatoms. The zero-order valence-corrected chi connectivity index (χ0v) is 12.8. The highest BCUT2D eigenvalue weighted by molar-refractivity contribution is 5.30. The van der Waals surface area contributed by atoms with E-state index in [4.69, 9.17) is 4.74 Å². The van der Waals surface area contributed by atoms with Crippen molar-refractivity contribution < 1.29 is 9.84 Å². The molecule has 3 rings (SSSR count). The first-order chi connectivity index (χ1) is 10.3. The van der Waals surface area contributed by atoms with Gasteiger partial charge in [0.2, 0.25) is 0 Å². The molecule has 0 aromatic heterocycles. The van der Waals surface area contributed by atoms with Crippen molar-refractivity contribution in [1.29, 1.82) is 0 Å². The van der Waals surface area contributed by atoms with Crippen LogP contribution in [0.2, 0.25) is 0 Å². The van der Waals surface area contributed by atoms with Crippen LogP contribution in [-0.4, -0.2) is 55.9 Å². The molecule has 0 saturated carbocycles. The number of aliphatic hydroxyl groups excluding tert-OH is 1. The van der Waals surface area contributed by atoms with E-state index in [2.05, 4.69) is 34.5 Å². The van der Waals surface area contributed by atoms with Crippen LogP contribution in [0.5, 0.6) is 5.75 Å². The predicted molar refractivity (Wildman–Crippen MR) is 83.8 cm³/mol. The Morgan fingerprint density at radius 1 is 1.19 bits per heavy atom. The summed E-state index contributed by atoms with van der Waals surface area (Å²) in [4.78, 5) is 2.51. The lowest BCUT2D eigenvalue weighted by atomic mass is 9.88. The minimum atomic E-state index is -0.0830. The summed E-state index contributed by atoms with van der Waals surface area (Å²) in [7, 11) is 1.71. The zero-order valence-electron chi connectivity index (χ0n) is 12.8. The van der Waals surface area contributed by atoms with E-state index in [-0.39, 0.29) is 6.10 Å². The fraction of sp³-hybridized carbons (Fsp3) is 0.647. The van der Waals surface area contributed by atoms with Crippen LogP contribution in [0.3, 0.4) is 0 Å². The molecule has 1 aromatic rings. The Kier molecular flexibility index (Phi) is 4.78. The first-order valence-corrected chi connectivity index (χ1v) is 8.01. The highest BCUT2D eigenvalue weighted by Crippen LogP contribution is 2.30. The molecule has 0 amide bonds. The molecule has 0 bridgehead atoms. The van der Waals surface area contributed by atoms with E-state index in [1.807, 2.05) is 0 Å². The maximum Gasteiger partial charge on any atom is 0.118 e. The van der Waals surface area contributed by atoms with E-state index in [1.165, 1.54) is 5.56 Å². The summed E-state index contributed by atoms with van der Waals surface area (Å²) in [6.45, 7) is 5.36. The molecule has 0 aliphatic carbocycles. The van der Waals surface area contributed by atoms with Crippen LogP contribution in [0, 0.1) is 5.92 Å². The van der Waals surface area contributed by atoms with Crippen LogP contribution in [0.25, 0.3) is 0 Å². The zero-order chi connectivity index (χ0) is 14.7. The van der Waals surface area contributed by atoms with Gasteiger partial charge in [-0.1, -0.05) is 12.1 Å². The number of methoxy groups -OCH3 is 1. The molecule has 21 heavy (non-hydrogen) atoms. The SMILES string of the molecule is COc1ccc(C2CNC[C@@H]2CN2CCC(O)CC2)cc1. The van der Waals surface area contributed by atoms with Gasteiger partial charge in [0.15, 0.2) is 0 Å². The van der Waals surface area contributed by atoms with Crippen molar-refractivity contribution in [3.63, 3.8) is 0 Å². The Labute approximate surface area is 127 Å². The number of piperidine rings is 1. The molecule has 4 nitrogen and oxygen atoms in total. The number of rotatable bonds is 4. The number of likely N-dealkylation sites (tertiary alicyclic amines) is 1. The topological polar surface area (TPSA) is 44.7 Å². The summed E-state index contributed by atoms with van der Waals surface area (Å²) in [5, 5.41) is 13.2. The number of hydrogen-bond donors (Lipinski definition) is 2. The quantitative estimate of drug-likeness (QED) is 0.881. The fourth-order valence-electron chi connectivity index (χ4n) is 3.60. The molecule has 2 aliphatic rings. The van der Waals surface area contributed by atoms with Gasteiger partial charge in [-0.05, 0) is 43.0 Å². The number of benzene rings is 1. The average molecular weight is 290 g/mol. The number of hydrogen-bond acceptors (Lipinski definition) is 4. The van der Waals surface area contributed by atoms with Crippen LogP contribution in [0.1, 0.15) is 24.3 Å². The van der Waals surface area contributed by atoms with Gasteiger partial charge in [0.25, 0.3) is 0 Å². The van der Waals surface area contributed by atoms with Gasteiger partial charge in [-0.15, -0.1) is 0 Å². The van der Waals surface area contributed by atoms with Crippen LogP contribution >= 0.6 is 0 Å². The minimum Gasteiger partial charge on any atom is -0.497 e. The lowest BCUT2D eigenvalue weighted by Crippen LogP contribution is -2.40. The average Bonchev–Trinajstić information content (AvgIpc) is 2.98. The molecule has 2 saturated heterocycles. The standard InChI is InChI=1S/C17H26N2O2/c1-21-16-4-2-13(3-5-16)17-11-18-10-14(17)12-19-8-6-15(20)7-9-19/h2-5,14-15,17-18,20H,6-12H2,1H3/t14-,17?/m1/s1. The molecule has 0 radical (unpaired) electrons. The predicted octanol–water partition coefficient (Wildman–Crippen LogP) is 1.45. The van der Waals surface area contributed by atoms with Crippen molar-refractivity contribution in [2.45, 2.75) is 24.9 Å². The van der Waals surface area contributed by atoms with Gasteiger partial charge < -0.3 is 20.1 Å². The normalized spacial score (nSPS) is 27.9. The Bertz CT molecular complexity index is 441. The van der Waals surface area contributed by atoms with Crippen molar-refractivity contribution >= 4 is 0 Å². The van der Waals surface area contributed by atoms with Gasteiger partial charge in [0.05, 0.1) is 13.2 Å². The monoisotopic (exact) mass is 290 g/mol. The van der Waals surface area contributed by atoms with E-state index in [9.17, 15) is 5.11 Å². The largest absolute Gasteiger partial charge is 0.497 e. The summed E-state index contributed by atoms with van der Waals surface area (Å²) in [5.41, 5.74) is 1.41. The Morgan fingerprint density at radius 3 is 2.57 bits per heavy atom. The second kappa shape index (κ2) is 6.77. The van der Waals surface area contributed by atoms with Gasteiger partial charge in [0, 0.05) is 32.1 Å². The van der Waals surface area contributed by atoms with Crippen LogP contribution in [0.4, 0.5) is 0 Å². The van der Waals surface area contributed by atoms with E-state index >= 15 is 0 Å². The van der Waals surface area contributed by atoms with Gasteiger partial charge in [-0.3, -0.25) is 0 Å². The van der Waals surface area contributed by atoms with Gasteiger partial charge in [-0.2, -0.15) is 0 Å². The Balaban J connectivity index is 1.61. The second-order valence-electron chi connectivity index (χ2n) is 6.33. The van der Waals surface area contributed by atoms with Crippen molar-refractivity contribution in [1.82, 2.24) is 10.2 Å². The smallest absolute Gasteiger partial charge is 0.118 e. The molecule has 2 N–H and O–H groups in total. The first kappa shape index (κ1) is 14.8. The van der Waals surface area contributed by atoms with Crippen molar-refractivity contribution in [2.75, 3.05) is 39.8 Å². The van der Waals surface area contributed by atoms with Crippen molar-refractivity contribution in [3.05, 3.63) is 29.8 Å². The van der Waals surface area contributed by atoms with E-state index in [0.29, 0.717) is 11.8 Å². The van der Waals surface area contributed by atoms with Gasteiger partial charge >= 0.3 is 0 Å². The molecule has 2 aliphatic heterocycles. The molecule has 2 fully saturated rings. The lowest BCUT2D eigenvalue weighted by molar-refractivity contribution is 0.0749. The Hall–Kier alpha value is -1.10. The van der Waals surface area contributed by atoms with E-state index in [1.54, 1.807) is 7.11 Å². The molecule has 1 aromatic carbocycles. The summed E-state index contributed by atoms with van der Waals surface area (Å²) in [5.74, 6) is 2.17. The summed E-state index contributed by atoms with van der Waals surface area (Å²) >= 11 is 0. The highest BCUT2D eigenvalue weighted by Gasteiger charge is 2.30. The molecular weight excluding hydrogens is 264 g/mol. The molecule has 1 unspecified atom stereocenters. The third-order valence-corrected chi connectivity index (χ3v) is 4.93. The molecular formula is C17H26N2O2. The molecule has 0 spiro atoms. The molecule has 116 valence electrons. The summed E-state index contributed by atoms with van der Waals surface area (Å²) < 4.78 is 5.24. The van der Waals surface area contributed by atoms with E-state index in [0.717, 1.165) is 51.3 Å². The lowest BCUT2D eigenvalue weighted by Gasteiger charge is -2.33. The van der Waals surface area contributed by atoms with Crippen LogP contribution in [-0.2, 0) is 0 Å². The Morgan fingerprint density at radius 2 is 1.90 bits per heavy atom. The van der Waals surface area contributed by atoms with E-state index < -0.39 is 0 Å². The second-order valence-corrected chi connectivity index (χ2v) is 6.33. The maximum atomic E-state index is 9.62. The number of nitrogens with one attached hydrogen (secondary N) is 1. The third kappa shape index (κ3) is 3.57. The maximum absolute atomic E-state index is 9.62. The molecule has 2 atom stereocenters. The van der Waals surface area contributed by atoms with Gasteiger partial charge in [0.1, 0.15) is 5.75 Å². The summed E-state index contributed by atoms with van der Waals surface area (Å²) in [6.07, 6.45) is 1.76. The third-order valence-electron chi connectivity index (χ3n) is 4.93. The fourth-order valence-corrected chi connectivity index (χ4v) is 3.60. The van der Waals surface area contributed by atoms with Crippen LogP contribution in [0.15, 0.2) is 24.3 Å². The number of aliphatic hydroxyl groups is 1. The van der Waals surface area contributed by atoms with Gasteiger partial charge in [-0.25, -0.2) is 0 Å². The van der Waals surface area contributed by atoms with Crippen LogP contribution < -0.4 is 10.1 Å². The molecule has 2 heterocycles. The summed E-state index contributed by atoms with van der Waals surface area (Å²) in [6, 6.07) is 8.51. The number of ether oxygens (including phenoxy) is 1. The highest BCUT2D eigenvalue weighted by atomic mass is 16.5. The van der Waals surface area contributed by atoms with Crippen molar-refractivity contribution in [3.8, 4) is 5.75 Å². The minimum absolute atomic E-state index is 0.0830.